The number of hydrogen-bond donors (Lipinski definition) is 2. The van der Waals surface area contributed by atoms with Crippen molar-refractivity contribution in [3.05, 3.63) is 106 Å². The first-order valence-electron chi connectivity index (χ1n) is 20.5. The highest BCUT2D eigenvalue weighted by molar-refractivity contribution is 7.88. The van der Waals surface area contributed by atoms with Crippen LogP contribution in [0.15, 0.2) is 60.9 Å². The highest BCUT2D eigenvalue weighted by Crippen LogP contribution is 2.40. The van der Waals surface area contributed by atoms with Crippen LogP contribution < -0.4 is 20.4 Å². The van der Waals surface area contributed by atoms with Crippen LogP contribution in [0.25, 0.3) is 11.6 Å². The Hall–Kier alpha value is -5.77. The molecule has 0 amide bonds. The molecule has 2 N–H and O–H groups in total. The highest BCUT2D eigenvalue weighted by atomic mass is 32.2. The van der Waals surface area contributed by atoms with Crippen LogP contribution in [0.1, 0.15) is 65.7 Å². The van der Waals surface area contributed by atoms with Crippen LogP contribution in [-0.2, 0) is 42.0 Å². The van der Waals surface area contributed by atoms with Gasteiger partial charge in [0.15, 0.2) is 23.3 Å². The number of aryl methyl sites for hydroxylation is 1. The predicted octanol–water partition coefficient (Wildman–Crippen LogP) is 7.99. The third kappa shape index (κ3) is 10.6. The number of halogens is 8. The summed E-state index contributed by atoms with van der Waals surface area (Å²) >= 11 is 0. The molecule has 3 aromatic heterocycles. The fourth-order valence-electron chi connectivity index (χ4n) is 7.39. The highest BCUT2D eigenvalue weighted by Gasteiger charge is 2.38. The zero-order chi connectivity index (χ0) is 45.6. The Balaban J connectivity index is 1.21. The SMILES string of the molecule is Cc1cnc(CNc2nc(-c3nc(NCC4CCN(S(C)(=O)=O)C4)c(F)c(N(Cc4ccc(C(F)(F)F)cc4)C4CC4)n3)nc(N(Cc3ccc(C(F)(F)F)cc3)C3CC3)c2F)cn1. The van der Waals surface area contributed by atoms with E-state index in [2.05, 4.69) is 40.5 Å². The van der Waals surface area contributed by atoms with Crippen molar-refractivity contribution in [2.24, 2.45) is 5.92 Å². The first-order valence-corrected chi connectivity index (χ1v) is 22.4. The van der Waals surface area contributed by atoms with Crippen LogP contribution in [-0.4, -0.2) is 80.6 Å². The Labute approximate surface area is 363 Å². The minimum atomic E-state index is -4.57. The molecule has 0 spiro atoms. The summed E-state index contributed by atoms with van der Waals surface area (Å²) in [6.45, 7) is 2.20. The van der Waals surface area contributed by atoms with Crippen LogP contribution in [0.2, 0.25) is 0 Å². The topological polar surface area (TPSA) is 145 Å². The number of anilines is 4. The molecule has 4 heterocycles. The maximum Gasteiger partial charge on any atom is 0.416 e. The summed E-state index contributed by atoms with van der Waals surface area (Å²) in [4.78, 5) is 30.1. The monoisotopic (exact) mass is 917 g/mol. The molecule has 1 saturated heterocycles. The number of nitrogens with zero attached hydrogens (tertiary/aromatic N) is 9. The van der Waals surface area contributed by atoms with Crippen molar-refractivity contribution in [1.82, 2.24) is 34.2 Å². The summed E-state index contributed by atoms with van der Waals surface area (Å²) in [6, 6.07) is 8.50. The van der Waals surface area contributed by atoms with Crippen molar-refractivity contribution in [3.8, 4) is 11.6 Å². The van der Waals surface area contributed by atoms with Gasteiger partial charge in [-0.3, -0.25) is 9.97 Å². The van der Waals surface area contributed by atoms with Gasteiger partial charge in [0.2, 0.25) is 33.3 Å². The number of aromatic nitrogens is 6. The lowest BCUT2D eigenvalue weighted by atomic mass is 10.1. The van der Waals surface area contributed by atoms with E-state index < -0.39 is 45.1 Å². The van der Waals surface area contributed by atoms with Crippen LogP contribution in [0.3, 0.4) is 0 Å². The van der Waals surface area contributed by atoms with Crippen molar-refractivity contribution in [2.75, 3.05) is 46.3 Å². The first kappa shape index (κ1) is 44.8. The van der Waals surface area contributed by atoms with E-state index in [4.69, 9.17) is 0 Å². The van der Waals surface area contributed by atoms with Crippen molar-refractivity contribution in [3.63, 3.8) is 0 Å². The van der Waals surface area contributed by atoms with Crippen LogP contribution in [0.4, 0.5) is 58.4 Å². The molecule has 1 unspecified atom stereocenters. The average molecular weight is 918 g/mol. The zero-order valence-corrected chi connectivity index (χ0v) is 35.4. The van der Waals surface area contributed by atoms with Gasteiger partial charge < -0.3 is 20.4 Å². The zero-order valence-electron chi connectivity index (χ0n) is 34.6. The summed E-state index contributed by atoms with van der Waals surface area (Å²) in [6.07, 6.45) is -2.00. The van der Waals surface area contributed by atoms with Gasteiger partial charge in [0.1, 0.15) is 0 Å². The second-order valence-electron chi connectivity index (χ2n) is 16.3. The predicted molar refractivity (Wildman–Crippen MR) is 221 cm³/mol. The van der Waals surface area contributed by atoms with Crippen molar-refractivity contribution < 1.29 is 43.5 Å². The summed E-state index contributed by atoms with van der Waals surface area (Å²) in [7, 11) is -3.48. The molecule has 3 aliphatic rings. The second kappa shape index (κ2) is 17.7. The number of nitrogens with one attached hydrogen (secondary N) is 2. The van der Waals surface area contributed by atoms with Crippen molar-refractivity contribution in [2.45, 2.75) is 83.1 Å². The van der Waals surface area contributed by atoms with Gasteiger partial charge in [-0.15, -0.1) is 0 Å². The molecule has 1 atom stereocenters. The normalized spacial score (nSPS) is 17.1. The molecule has 8 rings (SSSR count). The molecule has 2 aromatic carbocycles. The van der Waals surface area contributed by atoms with Gasteiger partial charge in [-0.05, 0) is 80.3 Å². The third-order valence-corrected chi connectivity index (χ3v) is 12.5. The second-order valence-corrected chi connectivity index (χ2v) is 18.3. The Morgan fingerprint density at radius 2 is 1.17 bits per heavy atom. The van der Waals surface area contributed by atoms with E-state index in [0.717, 1.165) is 30.5 Å². The standard InChI is InChI=1S/C42H43F8N11O2S/c1-24-17-52-30(19-51-24)20-54-36-34(44)40(61(32-13-14-32)23-26-5-9-29(10-6-26)42(48,49)50)58-38(56-36)37-55-35(53-18-27-15-16-59(21-27)64(2,62)63)33(43)39(57-37)60(31-11-12-31)22-25-3-7-28(8-4-25)41(45,46)47/h3-10,17,19,27,31-32H,11-16,18,20-23H2,1-2H3,(H,53,55,57)(H,54,56,58). The average Bonchev–Trinajstić information content (AvgIpc) is 4.20. The fraction of sp³-hybridized carbons (Fsp3) is 0.429. The molecular weight excluding hydrogens is 875 g/mol. The van der Waals surface area contributed by atoms with E-state index in [1.54, 1.807) is 16.7 Å². The van der Waals surface area contributed by atoms with Crippen molar-refractivity contribution >= 4 is 33.3 Å². The minimum absolute atomic E-state index is 0.0319. The van der Waals surface area contributed by atoms with Crippen LogP contribution in [0.5, 0.6) is 0 Å². The molecule has 2 saturated carbocycles. The van der Waals surface area contributed by atoms with Gasteiger partial charge in [-0.25, -0.2) is 32.7 Å². The molecule has 2 aliphatic carbocycles. The lowest BCUT2D eigenvalue weighted by Crippen LogP contribution is -2.30. The maximum atomic E-state index is 16.9. The lowest BCUT2D eigenvalue weighted by Gasteiger charge is -2.27. The maximum absolute atomic E-state index is 16.9. The van der Waals surface area contributed by atoms with E-state index in [1.807, 2.05) is 0 Å². The van der Waals surface area contributed by atoms with E-state index in [-0.39, 0.29) is 92.2 Å². The number of hydrogen-bond acceptors (Lipinski definition) is 12. The van der Waals surface area contributed by atoms with E-state index >= 15 is 8.78 Å². The fourth-order valence-corrected chi connectivity index (χ4v) is 8.31. The largest absolute Gasteiger partial charge is 0.416 e. The molecule has 22 heteroatoms. The number of benzene rings is 2. The first-order chi connectivity index (χ1) is 30.3. The van der Waals surface area contributed by atoms with Crippen LogP contribution in [0, 0.1) is 24.5 Å². The molecule has 0 radical (unpaired) electrons. The minimum Gasteiger partial charge on any atom is -0.367 e. The molecule has 340 valence electrons. The van der Waals surface area contributed by atoms with Crippen molar-refractivity contribution in [1.29, 1.82) is 0 Å². The van der Waals surface area contributed by atoms with Gasteiger partial charge in [-0.2, -0.15) is 35.1 Å². The Bertz CT molecular complexity index is 2580. The number of alkyl halides is 6. The summed E-state index contributed by atoms with van der Waals surface area (Å²) < 4.78 is 140. The van der Waals surface area contributed by atoms with Gasteiger partial charge >= 0.3 is 12.4 Å². The van der Waals surface area contributed by atoms with E-state index in [1.165, 1.54) is 41.0 Å². The molecule has 5 aromatic rings. The Kier molecular flexibility index (Phi) is 12.4. The van der Waals surface area contributed by atoms with Gasteiger partial charge in [0, 0.05) is 51.0 Å². The molecular formula is C42H43F8N11O2S. The quantitative estimate of drug-likeness (QED) is 0.0926. The van der Waals surface area contributed by atoms with E-state index in [9.17, 15) is 34.8 Å². The van der Waals surface area contributed by atoms with Gasteiger partial charge in [0.05, 0.1) is 41.5 Å². The number of rotatable bonds is 16. The van der Waals surface area contributed by atoms with E-state index in [0.29, 0.717) is 54.6 Å². The molecule has 13 nitrogen and oxygen atoms in total. The van der Waals surface area contributed by atoms with Gasteiger partial charge in [-0.1, -0.05) is 24.3 Å². The molecule has 64 heavy (non-hydrogen) atoms. The molecule has 0 bridgehead atoms. The Morgan fingerprint density at radius 1 is 0.688 bits per heavy atom. The summed E-state index contributed by atoms with van der Waals surface area (Å²) in [5.74, 6) is -3.53. The Morgan fingerprint density at radius 3 is 1.58 bits per heavy atom. The summed E-state index contributed by atoms with van der Waals surface area (Å²) in [5.41, 5.74) is 0.280. The summed E-state index contributed by atoms with van der Waals surface area (Å²) in [5, 5.41) is 5.97. The smallest absolute Gasteiger partial charge is 0.367 e. The lowest BCUT2D eigenvalue weighted by molar-refractivity contribution is -0.138. The molecule has 1 aliphatic heterocycles. The van der Waals surface area contributed by atoms with Crippen LogP contribution >= 0.6 is 0 Å². The third-order valence-electron chi connectivity index (χ3n) is 11.2. The molecule has 3 fully saturated rings. The van der Waals surface area contributed by atoms with Gasteiger partial charge in [0.25, 0.3) is 0 Å². The number of sulfonamides is 1.